The number of nitrogens with one attached hydrogen (secondary N) is 7. The van der Waals surface area contributed by atoms with Crippen LogP contribution in [0.4, 0.5) is 10.5 Å². The summed E-state index contributed by atoms with van der Waals surface area (Å²) >= 11 is 1.32. The Morgan fingerprint density at radius 3 is 1.80 bits per heavy atom. The smallest absolute Gasteiger partial charge is 0.407 e. The molecule has 1 unspecified atom stereocenters. The van der Waals surface area contributed by atoms with E-state index in [1.165, 1.54) is 23.5 Å². The molecule has 2 bridgehead atoms. The minimum atomic E-state index is -1.50. The van der Waals surface area contributed by atoms with E-state index in [1.54, 1.807) is 80.7 Å². The number of fused-ring (bicyclic) bond motifs is 18. The molecule has 0 spiro atoms. The summed E-state index contributed by atoms with van der Waals surface area (Å²) in [5, 5.41) is 31.0. The van der Waals surface area contributed by atoms with Gasteiger partial charge in [0.15, 0.2) is 0 Å². The Morgan fingerprint density at radius 2 is 1.21 bits per heavy atom. The number of rotatable bonds is 13. The van der Waals surface area contributed by atoms with Gasteiger partial charge in [0, 0.05) is 49.2 Å². The van der Waals surface area contributed by atoms with E-state index >= 15 is 0 Å². The van der Waals surface area contributed by atoms with Crippen molar-refractivity contribution >= 4 is 64.5 Å². The molecule has 372 valence electrons. The molecule has 2 aliphatic rings. The van der Waals surface area contributed by atoms with Crippen molar-refractivity contribution in [3.63, 3.8) is 0 Å². The van der Waals surface area contributed by atoms with E-state index in [4.69, 9.17) is 4.74 Å². The highest BCUT2D eigenvalue weighted by molar-refractivity contribution is 7.09. The van der Waals surface area contributed by atoms with Gasteiger partial charge >= 0.3 is 12.1 Å². The zero-order chi connectivity index (χ0) is 50.9. The third-order valence-electron chi connectivity index (χ3n) is 11.3. The fourth-order valence-electron chi connectivity index (χ4n) is 7.68. The lowest BCUT2D eigenvalue weighted by molar-refractivity contribution is -0.142. The largest absolute Gasteiger partial charge is 0.480 e. The molecule has 3 heterocycles. The zero-order valence-corrected chi connectivity index (χ0v) is 40.5. The summed E-state index contributed by atoms with van der Waals surface area (Å²) in [6.45, 7) is 5.22. The molecular weight excluding hydrogens is 927 g/mol. The highest BCUT2D eigenvalue weighted by Crippen LogP contribution is 2.21. The van der Waals surface area contributed by atoms with Gasteiger partial charge in [0.05, 0.1) is 6.42 Å². The van der Waals surface area contributed by atoms with Crippen LogP contribution in [0.2, 0.25) is 0 Å². The van der Waals surface area contributed by atoms with Gasteiger partial charge in [0.2, 0.25) is 35.4 Å². The van der Waals surface area contributed by atoms with Crippen LogP contribution in [-0.2, 0) is 64.0 Å². The average Bonchev–Trinajstić information content (AvgIpc) is 3.85. The Kier molecular flexibility index (Phi) is 18.6. The summed E-state index contributed by atoms with van der Waals surface area (Å²) in [6.07, 6.45) is -1.52. The van der Waals surface area contributed by atoms with Gasteiger partial charge in [0.25, 0.3) is 0 Å². The number of thiophene rings is 1. The second kappa shape index (κ2) is 25.1. The molecule has 17 nitrogen and oxygen atoms in total. The van der Waals surface area contributed by atoms with Crippen LogP contribution in [0.1, 0.15) is 61.6 Å². The van der Waals surface area contributed by atoms with Crippen molar-refractivity contribution in [1.29, 1.82) is 0 Å². The fraction of sp³-hybridized carbons (Fsp3) is 0.321. The molecule has 18 heteroatoms. The van der Waals surface area contributed by atoms with Crippen LogP contribution in [0.15, 0.2) is 127 Å². The third-order valence-corrected chi connectivity index (χ3v) is 12.1. The van der Waals surface area contributed by atoms with Crippen molar-refractivity contribution in [2.75, 3.05) is 11.9 Å². The maximum absolute atomic E-state index is 14.7. The molecule has 5 atom stereocenters. The quantitative estimate of drug-likeness (QED) is 0.0589. The van der Waals surface area contributed by atoms with Gasteiger partial charge in [-0.1, -0.05) is 103 Å². The summed E-state index contributed by atoms with van der Waals surface area (Å²) < 4.78 is 5.25. The predicted octanol–water partition coefficient (Wildman–Crippen LogP) is 4.84. The Hall–Kier alpha value is -7.86. The summed E-state index contributed by atoms with van der Waals surface area (Å²) in [5.41, 5.74) is 3.23. The van der Waals surface area contributed by atoms with Crippen LogP contribution in [0, 0.1) is 0 Å². The van der Waals surface area contributed by atoms with E-state index in [0.717, 1.165) is 11.1 Å². The van der Waals surface area contributed by atoms with Crippen LogP contribution in [0.3, 0.4) is 0 Å². The highest BCUT2D eigenvalue weighted by atomic mass is 32.1. The van der Waals surface area contributed by atoms with Crippen molar-refractivity contribution in [3.05, 3.63) is 148 Å². The number of carboxylic acid groups (broad SMARTS) is 1. The van der Waals surface area contributed by atoms with Crippen molar-refractivity contribution in [1.82, 2.24) is 31.9 Å². The Morgan fingerprint density at radius 1 is 0.648 bits per heavy atom. The van der Waals surface area contributed by atoms with E-state index in [2.05, 4.69) is 37.2 Å². The summed E-state index contributed by atoms with van der Waals surface area (Å²) in [4.78, 5) is 110. The zero-order valence-electron chi connectivity index (χ0n) is 39.7. The Labute approximate surface area is 415 Å². The normalized spacial score (nSPS) is 19.4. The predicted molar refractivity (Wildman–Crippen MR) is 268 cm³/mol. The molecule has 1 aromatic heterocycles. The molecule has 5 aromatic rings. The number of carbonyl (C=O) groups is 8. The lowest BCUT2D eigenvalue weighted by Crippen LogP contribution is -2.60. The number of aliphatic carboxylic acids is 1. The van der Waals surface area contributed by atoms with E-state index in [9.17, 15) is 43.5 Å². The van der Waals surface area contributed by atoms with Gasteiger partial charge < -0.3 is 47.1 Å². The van der Waals surface area contributed by atoms with Crippen LogP contribution in [0.25, 0.3) is 11.1 Å². The number of anilines is 1. The van der Waals surface area contributed by atoms with Gasteiger partial charge in [-0.3, -0.25) is 28.8 Å². The number of hydrogen-bond donors (Lipinski definition) is 8. The lowest BCUT2D eigenvalue weighted by Gasteiger charge is -2.27. The molecule has 7 rings (SSSR count). The number of alkyl carbamates (subject to hydrolysis) is 1. The molecular formula is C53H59N7O10S. The van der Waals surface area contributed by atoms with Gasteiger partial charge in [-0.05, 0) is 78.6 Å². The molecule has 7 amide bonds. The van der Waals surface area contributed by atoms with Crippen LogP contribution in [0.5, 0.6) is 0 Å². The van der Waals surface area contributed by atoms with Crippen LogP contribution < -0.4 is 37.2 Å². The lowest BCUT2D eigenvalue weighted by atomic mass is 9.99. The van der Waals surface area contributed by atoms with Crippen LogP contribution in [-0.4, -0.2) is 95.0 Å². The standard InChI is InChI=1S/C53H59N7O10S/c1-53(2,3)70-52(69)54-26-10-17-45(61)56-43-32-46(62)55-38-24-20-35(21-25-38)30-44(51(67)68)60-48(64)40(28-33-12-6-4-7-13-33)57-47(63)41(29-34-18-22-37(23-19-34)36-14-8-5-9-15-36)58-49(65)42(59-50(43)66)31-39-16-11-27-71-39/h4-9,11-16,18-25,27,40-44H,10,17,26,28-32H2,1-3H3,(H,54,69)(H,55,62)(H,56,61)(H,57,63)(H,58,65)(H,59,66)(H,60,64)(H,67,68)/t40-,41+,42-,43+,44?/m1/s1. The molecule has 0 radical (unpaired) electrons. The molecule has 71 heavy (non-hydrogen) atoms. The Bertz CT molecular complexity index is 2620. The first-order valence-corrected chi connectivity index (χ1v) is 24.2. The summed E-state index contributed by atoms with van der Waals surface area (Å²) in [5.74, 6) is -5.81. The third kappa shape index (κ3) is 17.0. The highest BCUT2D eigenvalue weighted by Gasteiger charge is 2.34. The van der Waals surface area contributed by atoms with Crippen molar-refractivity contribution in [2.45, 2.75) is 102 Å². The maximum atomic E-state index is 14.7. The Balaban J connectivity index is 1.33. The topological polar surface area (TPSA) is 250 Å². The maximum Gasteiger partial charge on any atom is 0.407 e. The number of benzene rings is 4. The molecule has 4 aromatic carbocycles. The first-order valence-electron chi connectivity index (χ1n) is 23.3. The van der Waals surface area contributed by atoms with E-state index in [-0.39, 0.29) is 45.1 Å². The summed E-state index contributed by atoms with van der Waals surface area (Å²) in [7, 11) is 0. The van der Waals surface area contributed by atoms with Crippen molar-refractivity contribution in [2.24, 2.45) is 0 Å². The molecule has 0 saturated carbocycles. The molecule has 2 aliphatic heterocycles. The second-order valence-electron chi connectivity index (χ2n) is 18.1. The van der Waals surface area contributed by atoms with Gasteiger partial charge in [-0.2, -0.15) is 0 Å². The number of carboxylic acids is 1. The van der Waals surface area contributed by atoms with E-state index < -0.39 is 89.7 Å². The summed E-state index contributed by atoms with van der Waals surface area (Å²) in [6, 6.07) is 28.7. The minimum absolute atomic E-state index is 0.0317. The SMILES string of the molecule is CC(C)(C)OC(=O)NCCCC(=O)N[C@H]1CC(=O)Nc2ccc(cc2)CC(C(=O)O)NC(=O)[C@@H](Cc2ccccc2)NC(=O)[C@H](Cc2ccc(-c3ccccc3)cc2)NC(=O)[C@@H](Cc2cccs2)NC1=O. The minimum Gasteiger partial charge on any atom is -0.480 e. The number of ether oxygens (including phenoxy) is 1. The average molecular weight is 986 g/mol. The molecule has 0 saturated heterocycles. The monoisotopic (exact) mass is 985 g/mol. The number of hydrogen-bond acceptors (Lipinski definition) is 10. The number of amides is 7. The molecule has 0 aliphatic carbocycles. The van der Waals surface area contributed by atoms with E-state index in [1.807, 2.05) is 54.6 Å². The van der Waals surface area contributed by atoms with Gasteiger partial charge in [-0.15, -0.1) is 11.3 Å². The fourth-order valence-corrected chi connectivity index (χ4v) is 8.44. The first kappa shape index (κ1) is 52.5. The van der Waals surface area contributed by atoms with Gasteiger partial charge in [-0.25, -0.2) is 9.59 Å². The van der Waals surface area contributed by atoms with E-state index in [0.29, 0.717) is 27.3 Å². The van der Waals surface area contributed by atoms with Crippen LogP contribution >= 0.6 is 11.3 Å². The molecule has 0 fully saturated rings. The van der Waals surface area contributed by atoms with Gasteiger partial charge in [0.1, 0.15) is 35.8 Å². The molecule has 8 N–H and O–H groups in total. The number of carbonyl (C=O) groups excluding carboxylic acids is 7. The van der Waals surface area contributed by atoms with Crippen molar-refractivity contribution < 1.29 is 48.2 Å². The first-order chi connectivity index (χ1) is 34.0. The van der Waals surface area contributed by atoms with Crippen molar-refractivity contribution in [3.8, 4) is 11.1 Å². The second-order valence-corrected chi connectivity index (χ2v) is 19.2.